The van der Waals surface area contributed by atoms with E-state index in [0.29, 0.717) is 5.56 Å². The van der Waals surface area contributed by atoms with Crippen LogP contribution in [0.4, 0.5) is 0 Å². The molecule has 0 aliphatic rings. The van der Waals surface area contributed by atoms with Crippen LogP contribution in [0.1, 0.15) is 18.4 Å². The van der Waals surface area contributed by atoms with Gasteiger partial charge in [0.05, 0.1) is 6.42 Å². The fourth-order valence-corrected chi connectivity index (χ4v) is 1.53. The summed E-state index contributed by atoms with van der Waals surface area (Å²) in [6.07, 6.45) is 1.43. The molecule has 1 aromatic carbocycles. The number of aliphatic hydroxyl groups is 1. The zero-order valence-electron chi connectivity index (χ0n) is 8.39. The maximum atomic E-state index is 10.7. The highest BCUT2D eigenvalue weighted by molar-refractivity contribution is 5.68. The van der Waals surface area contributed by atoms with E-state index in [9.17, 15) is 9.90 Å². The summed E-state index contributed by atoms with van der Waals surface area (Å²) in [5.41, 5.74) is -0.748. The summed E-state index contributed by atoms with van der Waals surface area (Å²) < 4.78 is 0. The van der Waals surface area contributed by atoms with Gasteiger partial charge in [-0.3, -0.25) is 4.79 Å². The van der Waals surface area contributed by atoms with Gasteiger partial charge in [-0.25, -0.2) is 0 Å². The normalized spacial score (nSPS) is 14.2. The van der Waals surface area contributed by atoms with Gasteiger partial charge in [0, 0.05) is 0 Å². The number of benzene rings is 1. The van der Waals surface area contributed by atoms with E-state index >= 15 is 0 Å². The van der Waals surface area contributed by atoms with E-state index in [4.69, 9.17) is 5.11 Å². The number of carbonyl (C=O) groups is 1. The van der Waals surface area contributed by atoms with Gasteiger partial charge in [0.2, 0.25) is 0 Å². The molecule has 1 aromatic rings. The van der Waals surface area contributed by atoms with Crippen molar-refractivity contribution in [1.82, 2.24) is 0 Å². The molecule has 0 aromatic heterocycles. The third-order valence-electron chi connectivity index (χ3n) is 2.24. The summed E-state index contributed by atoms with van der Waals surface area (Å²) in [5.74, 6) is -1.02. The van der Waals surface area contributed by atoms with Crippen LogP contribution in [0.5, 0.6) is 0 Å². The van der Waals surface area contributed by atoms with Crippen LogP contribution in [0.2, 0.25) is 0 Å². The second-order valence-electron chi connectivity index (χ2n) is 3.46. The second-order valence-corrected chi connectivity index (χ2v) is 3.46. The lowest BCUT2D eigenvalue weighted by atomic mass is 9.87. The first kappa shape index (κ1) is 11.5. The quantitative estimate of drug-likeness (QED) is 0.724. The van der Waals surface area contributed by atoms with E-state index in [2.05, 4.69) is 6.58 Å². The molecule has 0 heterocycles. The van der Waals surface area contributed by atoms with Crippen molar-refractivity contribution in [3.8, 4) is 0 Å². The monoisotopic (exact) mass is 206 g/mol. The minimum atomic E-state index is -1.35. The Labute approximate surface area is 88.7 Å². The molecule has 1 unspecified atom stereocenters. The SMILES string of the molecule is C=CCC(O)(CC(=O)O)c1ccccc1. The highest BCUT2D eigenvalue weighted by Crippen LogP contribution is 2.28. The Kier molecular flexibility index (Phi) is 3.63. The Hall–Kier alpha value is -1.61. The number of hydrogen-bond acceptors (Lipinski definition) is 2. The molecule has 1 rings (SSSR count). The summed E-state index contributed by atoms with van der Waals surface area (Å²) in [4.78, 5) is 10.7. The summed E-state index contributed by atoms with van der Waals surface area (Å²) in [5, 5.41) is 18.9. The highest BCUT2D eigenvalue weighted by Gasteiger charge is 2.30. The van der Waals surface area contributed by atoms with Gasteiger partial charge in [-0.05, 0) is 12.0 Å². The first-order chi connectivity index (χ1) is 7.08. The molecule has 0 bridgehead atoms. The summed E-state index contributed by atoms with van der Waals surface area (Å²) in [6, 6.07) is 8.79. The summed E-state index contributed by atoms with van der Waals surface area (Å²) in [6.45, 7) is 3.53. The topological polar surface area (TPSA) is 57.5 Å². The lowest BCUT2D eigenvalue weighted by Crippen LogP contribution is -2.28. The van der Waals surface area contributed by atoms with E-state index in [-0.39, 0.29) is 12.8 Å². The average molecular weight is 206 g/mol. The molecule has 0 aliphatic heterocycles. The number of carboxylic acid groups (broad SMARTS) is 1. The smallest absolute Gasteiger partial charge is 0.306 e. The first-order valence-electron chi connectivity index (χ1n) is 4.69. The Morgan fingerprint density at radius 1 is 1.40 bits per heavy atom. The molecular weight excluding hydrogens is 192 g/mol. The van der Waals surface area contributed by atoms with Gasteiger partial charge >= 0.3 is 5.97 Å². The van der Waals surface area contributed by atoms with Crippen molar-refractivity contribution in [2.24, 2.45) is 0 Å². The maximum Gasteiger partial charge on any atom is 0.306 e. The van der Waals surface area contributed by atoms with Crippen molar-refractivity contribution >= 4 is 5.97 Å². The third-order valence-corrected chi connectivity index (χ3v) is 2.24. The minimum absolute atomic E-state index is 0.226. The predicted octanol–water partition coefficient (Wildman–Crippen LogP) is 1.93. The molecule has 0 radical (unpaired) electrons. The molecule has 0 amide bonds. The van der Waals surface area contributed by atoms with Crippen LogP contribution in [0, 0.1) is 0 Å². The number of aliphatic carboxylic acids is 1. The van der Waals surface area contributed by atoms with E-state index in [1.807, 2.05) is 6.07 Å². The van der Waals surface area contributed by atoms with Crippen LogP contribution in [0.3, 0.4) is 0 Å². The van der Waals surface area contributed by atoms with Crippen LogP contribution in [0.15, 0.2) is 43.0 Å². The molecule has 2 N–H and O–H groups in total. The lowest BCUT2D eigenvalue weighted by molar-refractivity contribution is -0.142. The largest absolute Gasteiger partial charge is 0.481 e. The second kappa shape index (κ2) is 4.75. The molecule has 15 heavy (non-hydrogen) atoms. The highest BCUT2D eigenvalue weighted by atomic mass is 16.4. The molecular formula is C12H14O3. The molecule has 3 nitrogen and oxygen atoms in total. The molecule has 0 spiro atoms. The van der Waals surface area contributed by atoms with Gasteiger partial charge in [0.25, 0.3) is 0 Å². The van der Waals surface area contributed by atoms with Gasteiger partial charge in [0.1, 0.15) is 5.60 Å². The number of hydrogen-bond donors (Lipinski definition) is 2. The van der Waals surface area contributed by atoms with E-state index in [0.717, 1.165) is 0 Å². The van der Waals surface area contributed by atoms with Crippen molar-refractivity contribution in [1.29, 1.82) is 0 Å². The van der Waals surface area contributed by atoms with Crippen LogP contribution >= 0.6 is 0 Å². The summed E-state index contributed by atoms with van der Waals surface area (Å²) in [7, 11) is 0. The Morgan fingerprint density at radius 3 is 2.47 bits per heavy atom. The van der Waals surface area contributed by atoms with Gasteiger partial charge in [-0.2, -0.15) is 0 Å². The van der Waals surface area contributed by atoms with Crippen LogP contribution in [-0.4, -0.2) is 16.2 Å². The lowest BCUT2D eigenvalue weighted by Gasteiger charge is -2.25. The van der Waals surface area contributed by atoms with Gasteiger partial charge < -0.3 is 10.2 Å². The third kappa shape index (κ3) is 2.92. The Bertz CT molecular complexity index is 345. The first-order valence-corrected chi connectivity index (χ1v) is 4.69. The Morgan fingerprint density at radius 2 is 2.00 bits per heavy atom. The zero-order valence-corrected chi connectivity index (χ0v) is 8.39. The molecule has 3 heteroatoms. The van der Waals surface area contributed by atoms with Crippen molar-refractivity contribution in [2.45, 2.75) is 18.4 Å². The van der Waals surface area contributed by atoms with Gasteiger partial charge in [-0.1, -0.05) is 36.4 Å². The van der Waals surface area contributed by atoms with Crippen LogP contribution in [0.25, 0.3) is 0 Å². The average Bonchev–Trinajstić information content (AvgIpc) is 2.18. The van der Waals surface area contributed by atoms with Crippen LogP contribution < -0.4 is 0 Å². The minimum Gasteiger partial charge on any atom is -0.481 e. The Balaban J connectivity index is 3.00. The zero-order chi connectivity index (χ0) is 11.3. The van der Waals surface area contributed by atoms with E-state index in [1.165, 1.54) is 6.08 Å². The van der Waals surface area contributed by atoms with Crippen molar-refractivity contribution < 1.29 is 15.0 Å². The molecule has 0 saturated carbocycles. The van der Waals surface area contributed by atoms with E-state index in [1.54, 1.807) is 24.3 Å². The standard InChI is InChI=1S/C12H14O3/c1-2-8-12(15,9-11(13)14)10-6-4-3-5-7-10/h2-7,15H,1,8-9H2,(H,13,14). The molecule has 0 aliphatic carbocycles. The van der Waals surface area contributed by atoms with E-state index < -0.39 is 11.6 Å². The maximum absolute atomic E-state index is 10.7. The molecule has 1 atom stereocenters. The predicted molar refractivity (Wildman–Crippen MR) is 57.4 cm³/mol. The van der Waals surface area contributed by atoms with Gasteiger partial charge in [-0.15, -0.1) is 6.58 Å². The number of rotatable bonds is 5. The molecule has 0 fully saturated rings. The van der Waals surface area contributed by atoms with Crippen LogP contribution in [-0.2, 0) is 10.4 Å². The fraction of sp³-hybridized carbons (Fsp3) is 0.250. The molecule has 80 valence electrons. The fourth-order valence-electron chi connectivity index (χ4n) is 1.53. The van der Waals surface area contributed by atoms with Crippen molar-refractivity contribution in [2.75, 3.05) is 0 Å². The molecule has 0 saturated heterocycles. The summed E-state index contributed by atoms with van der Waals surface area (Å²) >= 11 is 0. The van der Waals surface area contributed by atoms with Crippen molar-refractivity contribution in [3.63, 3.8) is 0 Å². The number of carboxylic acids is 1. The van der Waals surface area contributed by atoms with Gasteiger partial charge in [0.15, 0.2) is 0 Å². The van der Waals surface area contributed by atoms with Crippen molar-refractivity contribution in [3.05, 3.63) is 48.6 Å².